The van der Waals surface area contributed by atoms with E-state index in [0.29, 0.717) is 5.82 Å². The molecule has 0 aliphatic heterocycles. The van der Waals surface area contributed by atoms with Gasteiger partial charge in [0.1, 0.15) is 12.4 Å². The number of nitrogens with zero attached hydrogens (tertiary/aromatic N) is 3. The van der Waals surface area contributed by atoms with Gasteiger partial charge in [-0.15, -0.1) is 0 Å². The van der Waals surface area contributed by atoms with Crippen molar-refractivity contribution in [3.05, 3.63) is 12.2 Å². The van der Waals surface area contributed by atoms with E-state index in [1.165, 1.54) is 11.0 Å². The number of aliphatic carboxylic acids is 1. The Labute approximate surface area is 82.8 Å². The van der Waals surface area contributed by atoms with Crippen molar-refractivity contribution < 1.29 is 9.90 Å². The summed E-state index contributed by atoms with van der Waals surface area (Å²) in [6.45, 7) is 7.53. The van der Waals surface area contributed by atoms with E-state index in [2.05, 4.69) is 10.1 Å². The van der Waals surface area contributed by atoms with E-state index in [0.717, 1.165) is 0 Å². The number of carboxylic acid groups (broad SMARTS) is 1. The van der Waals surface area contributed by atoms with Crippen molar-refractivity contribution in [2.45, 2.75) is 39.2 Å². The molecule has 5 nitrogen and oxygen atoms in total. The van der Waals surface area contributed by atoms with Gasteiger partial charge < -0.3 is 5.11 Å². The standard InChI is InChI=1S/C9H15N3O2/c1-6(7(13)14)12-5-10-8(11-12)9(2,3)4/h5-6H,1-4H3,(H,13,14)/t6-/m1/s1. The number of carboxylic acids is 1. The van der Waals surface area contributed by atoms with Gasteiger partial charge in [0, 0.05) is 5.41 Å². The number of hydrogen-bond acceptors (Lipinski definition) is 3. The molecular formula is C9H15N3O2. The first kappa shape index (κ1) is 10.7. The number of aromatic nitrogens is 3. The quantitative estimate of drug-likeness (QED) is 0.774. The molecule has 1 rings (SSSR count). The average molecular weight is 197 g/mol. The Morgan fingerprint density at radius 1 is 1.57 bits per heavy atom. The molecule has 14 heavy (non-hydrogen) atoms. The fourth-order valence-corrected chi connectivity index (χ4v) is 0.918. The zero-order chi connectivity index (χ0) is 10.9. The number of carbonyl (C=O) groups is 1. The van der Waals surface area contributed by atoms with Gasteiger partial charge in [-0.05, 0) is 6.92 Å². The van der Waals surface area contributed by atoms with E-state index in [1.54, 1.807) is 6.92 Å². The third kappa shape index (κ3) is 2.10. The predicted molar refractivity (Wildman–Crippen MR) is 51.1 cm³/mol. The molecule has 0 saturated carbocycles. The molecule has 0 spiro atoms. The van der Waals surface area contributed by atoms with Crippen molar-refractivity contribution in [3.8, 4) is 0 Å². The highest BCUT2D eigenvalue weighted by atomic mass is 16.4. The van der Waals surface area contributed by atoms with E-state index < -0.39 is 12.0 Å². The molecule has 1 heterocycles. The maximum atomic E-state index is 10.7. The lowest BCUT2D eigenvalue weighted by molar-refractivity contribution is -0.140. The van der Waals surface area contributed by atoms with Crippen LogP contribution in [0.3, 0.4) is 0 Å². The molecule has 0 fully saturated rings. The Morgan fingerprint density at radius 2 is 2.14 bits per heavy atom. The Kier molecular flexibility index (Phi) is 2.59. The van der Waals surface area contributed by atoms with Crippen molar-refractivity contribution in [3.63, 3.8) is 0 Å². The van der Waals surface area contributed by atoms with Crippen molar-refractivity contribution in [2.24, 2.45) is 0 Å². The molecule has 0 aromatic carbocycles. The Morgan fingerprint density at radius 3 is 2.50 bits per heavy atom. The highest BCUT2D eigenvalue weighted by molar-refractivity contribution is 5.71. The third-order valence-electron chi connectivity index (χ3n) is 1.93. The van der Waals surface area contributed by atoms with E-state index >= 15 is 0 Å². The van der Waals surface area contributed by atoms with E-state index in [-0.39, 0.29) is 5.41 Å². The largest absolute Gasteiger partial charge is 0.480 e. The van der Waals surface area contributed by atoms with Crippen LogP contribution < -0.4 is 0 Å². The monoisotopic (exact) mass is 197 g/mol. The molecule has 0 aliphatic carbocycles. The second kappa shape index (κ2) is 3.40. The highest BCUT2D eigenvalue weighted by Gasteiger charge is 2.21. The molecule has 1 atom stereocenters. The van der Waals surface area contributed by atoms with Crippen molar-refractivity contribution in [1.82, 2.24) is 14.8 Å². The Hall–Kier alpha value is -1.39. The summed E-state index contributed by atoms with van der Waals surface area (Å²) >= 11 is 0. The summed E-state index contributed by atoms with van der Waals surface area (Å²) in [5.74, 6) is -0.249. The van der Waals surface area contributed by atoms with Crippen LogP contribution in [-0.4, -0.2) is 25.8 Å². The van der Waals surface area contributed by atoms with E-state index in [1.807, 2.05) is 20.8 Å². The minimum Gasteiger partial charge on any atom is -0.480 e. The van der Waals surface area contributed by atoms with Crippen molar-refractivity contribution in [2.75, 3.05) is 0 Å². The normalized spacial score (nSPS) is 14.0. The SMILES string of the molecule is C[C@H](C(=O)O)n1cnc(C(C)(C)C)n1. The van der Waals surface area contributed by atoms with Gasteiger partial charge in [0.15, 0.2) is 5.82 Å². The zero-order valence-electron chi connectivity index (χ0n) is 8.85. The first-order valence-electron chi connectivity index (χ1n) is 4.47. The molecule has 0 amide bonds. The Balaban J connectivity index is 2.94. The number of rotatable bonds is 2. The van der Waals surface area contributed by atoms with Crippen LogP contribution in [0.4, 0.5) is 0 Å². The molecular weight excluding hydrogens is 182 g/mol. The fraction of sp³-hybridized carbons (Fsp3) is 0.667. The molecule has 1 aromatic rings. The first-order valence-corrected chi connectivity index (χ1v) is 4.47. The molecule has 0 unspecified atom stereocenters. The lowest BCUT2D eigenvalue weighted by Gasteiger charge is -2.12. The second-order valence-corrected chi connectivity index (χ2v) is 4.31. The van der Waals surface area contributed by atoms with Gasteiger partial charge in [0.2, 0.25) is 0 Å². The Bertz CT molecular complexity index is 338. The minimum absolute atomic E-state index is 0.149. The smallest absolute Gasteiger partial charge is 0.328 e. The van der Waals surface area contributed by atoms with Crippen LogP contribution in [0.2, 0.25) is 0 Å². The third-order valence-corrected chi connectivity index (χ3v) is 1.93. The van der Waals surface area contributed by atoms with Crippen molar-refractivity contribution in [1.29, 1.82) is 0 Å². The van der Waals surface area contributed by atoms with Crippen LogP contribution in [0, 0.1) is 0 Å². The summed E-state index contributed by atoms with van der Waals surface area (Å²) in [4.78, 5) is 14.7. The van der Waals surface area contributed by atoms with Crippen molar-refractivity contribution >= 4 is 5.97 Å². The molecule has 1 N–H and O–H groups in total. The molecule has 1 aromatic heterocycles. The van der Waals surface area contributed by atoms with Gasteiger partial charge in [-0.3, -0.25) is 0 Å². The highest BCUT2D eigenvalue weighted by Crippen LogP contribution is 2.18. The molecule has 0 aliphatic rings. The molecule has 0 radical (unpaired) electrons. The molecule has 78 valence electrons. The summed E-state index contributed by atoms with van der Waals surface area (Å²) in [5, 5.41) is 12.9. The summed E-state index contributed by atoms with van der Waals surface area (Å²) in [6.07, 6.45) is 1.46. The van der Waals surface area contributed by atoms with Gasteiger partial charge in [0.25, 0.3) is 0 Å². The predicted octanol–water partition coefficient (Wildman–Crippen LogP) is 1.22. The van der Waals surface area contributed by atoms with Crippen LogP contribution in [0.25, 0.3) is 0 Å². The first-order chi connectivity index (χ1) is 6.32. The van der Waals surface area contributed by atoms with E-state index in [4.69, 9.17) is 5.11 Å². The molecule has 0 bridgehead atoms. The van der Waals surface area contributed by atoms with Crippen LogP contribution in [-0.2, 0) is 10.2 Å². The topological polar surface area (TPSA) is 68.0 Å². The fourth-order valence-electron chi connectivity index (χ4n) is 0.918. The van der Waals surface area contributed by atoms with Gasteiger partial charge in [-0.2, -0.15) is 5.10 Å². The summed E-state index contributed by atoms with van der Waals surface area (Å²) in [6, 6.07) is -0.668. The van der Waals surface area contributed by atoms with Crippen LogP contribution in [0.5, 0.6) is 0 Å². The summed E-state index contributed by atoms with van der Waals surface area (Å²) in [5.41, 5.74) is -0.149. The minimum atomic E-state index is -0.907. The van der Waals surface area contributed by atoms with Gasteiger partial charge in [-0.1, -0.05) is 20.8 Å². The maximum absolute atomic E-state index is 10.7. The van der Waals surface area contributed by atoms with Crippen LogP contribution in [0.15, 0.2) is 6.33 Å². The van der Waals surface area contributed by atoms with Crippen LogP contribution in [0.1, 0.15) is 39.6 Å². The summed E-state index contributed by atoms with van der Waals surface area (Å²) < 4.78 is 1.36. The lowest BCUT2D eigenvalue weighted by atomic mass is 9.96. The maximum Gasteiger partial charge on any atom is 0.328 e. The zero-order valence-corrected chi connectivity index (χ0v) is 8.85. The molecule has 5 heteroatoms. The van der Waals surface area contributed by atoms with Crippen LogP contribution >= 0.6 is 0 Å². The van der Waals surface area contributed by atoms with Gasteiger partial charge >= 0.3 is 5.97 Å². The molecule has 0 saturated heterocycles. The van der Waals surface area contributed by atoms with E-state index in [9.17, 15) is 4.79 Å². The average Bonchev–Trinajstić information content (AvgIpc) is 2.49. The lowest BCUT2D eigenvalue weighted by Crippen LogP contribution is -2.18. The van der Waals surface area contributed by atoms with Gasteiger partial charge in [0.05, 0.1) is 0 Å². The van der Waals surface area contributed by atoms with Gasteiger partial charge in [-0.25, -0.2) is 14.5 Å². The summed E-state index contributed by atoms with van der Waals surface area (Å²) in [7, 11) is 0. The number of hydrogen-bond donors (Lipinski definition) is 1. The second-order valence-electron chi connectivity index (χ2n) is 4.31.